The second kappa shape index (κ2) is 6.40. The molecule has 0 aliphatic heterocycles. The van der Waals surface area contributed by atoms with E-state index >= 15 is 0 Å². The Morgan fingerprint density at radius 1 is 1.29 bits per heavy atom. The number of anilines is 2. The lowest BCUT2D eigenvalue weighted by molar-refractivity contribution is 0.0595. The molecule has 6 nitrogen and oxygen atoms in total. The van der Waals surface area contributed by atoms with Gasteiger partial charge in [-0.2, -0.15) is 0 Å². The number of hydrogen-bond acceptors (Lipinski definition) is 7. The van der Waals surface area contributed by atoms with Crippen molar-refractivity contribution in [3.8, 4) is 0 Å². The fourth-order valence-electron chi connectivity index (χ4n) is 1.60. The van der Waals surface area contributed by atoms with Crippen LogP contribution in [0.1, 0.15) is 15.9 Å². The molecular formula is C13H13FN4O2S. The van der Waals surface area contributed by atoms with E-state index in [0.29, 0.717) is 16.5 Å². The van der Waals surface area contributed by atoms with E-state index in [1.165, 1.54) is 37.1 Å². The van der Waals surface area contributed by atoms with Crippen LogP contribution in [0.5, 0.6) is 0 Å². The molecule has 1 aromatic heterocycles. The van der Waals surface area contributed by atoms with Gasteiger partial charge in [-0.1, -0.05) is 17.8 Å². The van der Waals surface area contributed by atoms with Crippen molar-refractivity contribution in [2.24, 2.45) is 0 Å². The number of carbonyl (C=O) groups excluding carboxylic acids is 1. The Kier molecular flexibility index (Phi) is 4.59. The molecule has 2 aromatic rings. The number of carbonyl (C=O) groups is 1. The van der Waals surface area contributed by atoms with Crippen molar-refractivity contribution in [3.63, 3.8) is 0 Å². The maximum absolute atomic E-state index is 13.8. The molecule has 0 radical (unpaired) electrons. The van der Waals surface area contributed by atoms with E-state index in [4.69, 9.17) is 11.5 Å². The van der Waals surface area contributed by atoms with Crippen LogP contribution < -0.4 is 11.5 Å². The molecule has 110 valence electrons. The first-order chi connectivity index (χ1) is 9.99. The van der Waals surface area contributed by atoms with Crippen molar-refractivity contribution in [1.29, 1.82) is 0 Å². The number of thioether (sulfide) groups is 1. The lowest BCUT2D eigenvalue weighted by atomic mass is 10.1. The van der Waals surface area contributed by atoms with Gasteiger partial charge in [0.1, 0.15) is 17.5 Å². The van der Waals surface area contributed by atoms with Gasteiger partial charge in [-0.3, -0.25) is 0 Å². The largest absolute Gasteiger partial charge is 0.465 e. The fraction of sp³-hybridized carbons (Fsp3) is 0.154. The van der Waals surface area contributed by atoms with Gasteiger partial charge >= 0.3 is 5.97 Å². The second-order valence-corrected chi connectivity index (χ2v) is 5.04. The number of rotatable bonds is 4. The molecule has 0 aliphatic carbocycles. The number of aromatic nitrogens is 2. The first kappa shape index (κ1) is 15.0. The monoisotopic (exact) mass is 308 g/mol. The highest BCUT2D eigenvalue weighted by Gasteiger charge is 2.12. The SMILES string of the molecule is COC(=O)c1ccc(CSc2nc(N)cc(N)n2)cc1F. The van der Waals surface area contributed by atoms with E-state index in [1.54, 1.807) is 6.07 Å². The fourth-order valence-corrected chi connectivity index (χ4v) is 2.41. The summed E-state index contributed by atoms with van der Waals surface area (Å²) in [5, 5.41) is 0.407. The molecule has 8 heteroatoms. The number of nitrogen functional groups attached to an aromatic ring is 2. The molecule has 0 atom stereocenters. The highest BCUT2D eigenvalue weighted by molar-refractivity contribution is 7.98. The van der Waals surface area contributed by atoms with Gasteiger partial charge in [0, 0.05) is 11.8 Å². The molecule has 0 spiro atoms. The van der Waals surface area contributed by atoms with Crippen molar-refractivity contribution in [2.45, 2.75) is 10.9 Å². The Balaban J connectivity index is 2.10. The number of ether oxygens (including phenoxy) is 1. The minimum absolute atomic E-state index is 0.101. The molecule has 0 amide bonds. The van der Waals surface area contributed by atoms with Crippen molar-refractivity contribution >= 4 is 29.4 Å². The van der Waals surface area contributed by atoms with Crippen LogP contribution in [0.2, 0.25) is 0 Å². The van der Waals surface area contributed by atoms with E-state index < -0.39 is 11.8 Å². The van der Waals surface area contributed by atoms with Gasteiger partial charge < -0.3 is 16.2 Å². The van der Waals surface area contributed by atoms with E-state index in [-0.39, 0.29) is 17.2 Å². The second-order valence-electron chi connectivity index (χ2n) is 4.09. The molecule has 0 saturated heterocycles. The Morgan fingerprint density at radius 3 is 2.52 bits per heavy atom. The van der Waals surface area contributed by atoms with Gasteiger partial charge in [-0.25, -0.2) is 19.2 Å². The topological polar surface area (TPSA) is 104 Å². The third-order valence-corrected chi connectivity index (χ3v) is 3.47. The van der Waals surface area contributed by atoms with Gasteiger partial charge in [-0.15, -0.1) is 0 Å². The number of benzene rings is 1. The van der Waals surface area contributed by atoms with E-state index in [0.717, 1.165) is 0 Å². The first-order valence-electron chi connectivity index (χ1n) is 5.89. The standard InChI is InChI=1S/C13H13FN4O2S/c1-20-12(19)8-3-2-7(4-9(8)14)6-21-13-17-10(15)5-11(16)18-13/h2-5H,6H2,1H3,(H4,15,16,17,18). The average molecular weight is 308 g/mol. The number of esters is 1. The molecule has 0 fully saturated rings. The molecule has 0 aliphatic rings. The van der Waals surface area contributed by atoms with Crippen LogP contribution in [0.4, 0.5) is 16.0 Å². The molecule has 2 rings (SSSR count). The molecule has 1 aromatic carbocycles. The van der Waals surface area contributed by atoms with Gasteiger partial charge in [0.25, 0.3) is 0 Å². The maximum Gasteiger partial charge on any atom is 0.340 e. The van der Waals surface area contributed by atoms with E-state index in [1.807, 2.05) is 0 Å². The third kappa shape index (κ3) is 3.82. The number of nitrogens with two attached hydrogens (primary N) is 2. The molecular weight excluding hydrogens is 295 g/mol. The summed E-state index contributed by atoms with van der Waals surface area (Å²) in [7, 11) is 1.20. The third-order valence-electron chi connectivity index (χ3n) is 2.55. The number of methoxy groups -OCH3 is 1. The van der Waals surface area contributed by atoms with E-state index in [9.17, 15) is 9.18 Å². The summed E-state index contributed by atoms with van der Waals surface area (Å²) in [5.74, 6) is -0.373. The number of nitrogens with zero attached hydrogens (tertiary/aromatic N) is 2. The molecule has 0 bridgehead atoms. The van der Waals surface area contributed by atoms with Crippen LogP contribution in [-0.4, -0.2) is 23.0 Å². The van der Waals surface area contributed by atoms with Crippen molar-refractivity contribution < 1.29 is 13.9 Å². The van der Waals surface area contributed by atoms with Crippen LogP contribution in [-0.2, 0) is 10.5 Å². The minimum Gasteiger partial charge on any atom is -0.465 e. The number of hydrogen-bond donors (Lipinski definition) is 2. The first-order valence-corrected chi connectivity index (χ1v) is 6.87. The van der Waals surface area contributed by atoms with Crippen molar-refractivity contribution in [3.05, 3.63) is 41.2 Å². The van der Waals surface area contributed by atoms with Crippen LogP contribution in [0.15, 0.2) is 29.4 Å². The summed E-state index contributed by atoms with van der Waals surface area (Å²) in [4.78, 5) is 19.3. The molecule has 0 saturated carbocycles. The van der Waals surface area contributed by atoms with Gasteiger partial charge in [0.05, 0.1) is 12.7 Å². The van der Waals surface area contributed by atoms with Crippen molar-refractivity contribution in [2.75, 3.05) is 18.6 Å². The average Bonchev–Trinajstić information content (AvgIpc) is 2.43. The van der Waals surface area contributed by atoms with Crippen LogP contribution in [0.25, 0.3) is 0 Å². The Hall–Kier alpha value is -2.35. The zero-order chi connectivity index (χ0) is 15.4. The van der Waals surface area contributed by atoms with Gasteiger partial charge in [-0.05, 0) is 17.7 Å². The predicted molar refractivity (Wildman–Crippen MR) is 78.2 cm³/mol. The predicted octanol–water partition coefficient (Wildman–Crippen LogP) is 1.86. The summed E-state index contributed by atoms with van der Waals surface area (Å²) in [6.07, 6.45) is 0. The zero-order valence-corrected chi connectivity index (χ0v) is 12.0. The summed E-state index contributed by atoms with van der Waals surface area (Å²) in [6, 6.07) is 5.74. The summed E-state index contributed by atoms with van der Waals surface area (Å²) in [5.41, 5.74) is 11.7. The quantitative estimate of drug-likeness (QED) is 0.504. The summed E-state index contributed by atoms with van der Waals surface area (Å²) < 4.78 is 18.2. The highest BCUT2D eigenvalue weighted by Crippen LogP contribution is 2.22. The normalized spacial score (nSPS) is 10.4. The molecule has 4 N–H and O–H groups in total. The van der Waals surface area contributed by atoms with Gasteiger partial charge in [0.15, 0.2) is 5.16 Å². The lowest BCUT2D eigenvalue weighted by Gasteiger charge is -2.05. The van der Waals surface area contributed by atoms with Crippen LogP contribution >= 0.6 is 11.8 Å². The summed E-state index contributed by atoms with van der Waals surface area (Å²) >= 11 is 1.27. The highest BCUT2D eigenvalue weighted by atomic mass is 32.2. The smallest absolute Gasteiger partial charge is 0.340 e. The Bertz CT molecular complexity index is 661. The zero-order valence-electron chi connectivity index (χ0n) is 11.2. The number of halogens is 1. The maximum atomic E-state index is 13.8. The minimum atomic E-state index is -0.710. The molecule has 0 unspecified atom stereocenters. The van der Waals surface area contributed by atoms with Crippen LogP contribution in [0.3, 0.4) is 0 Å². The molecule has 21 heavy (non-hydrogen) atoms. The summed E-state index contributed by atoms with van der Waals surface area (Å²) in [6.45, 7) is 0. The van der Waals surface area contributed by atoms with Crippen LogP contribution in [0, 0.1) is 5.82 Å². The Labute approximate surface area is 124 Å². The van der Waals surface area contributed by atoms with Crippen molar-refractivity contribution in [1.82, 2.24) is 9.97 Å². The van der Waals surface area contributed by atoms with Gasteiger partial charge in [0.2, 0.25) is 0 Å². The Morgan fingerprint density at radius 2 is 1.95 bits per heavy atom. The lowest BCUT2D eigenvalue weighted by Crippen LogP contribution is -2.04. The molecule has 1 heterocycles. The van der Waals surface area contributed by atoms with E-state index in [2.05, 4.69) is 14.7 Å².